The van der Waals surface area contributed by atoms with E-state index in [9.17, 15) is 5.11 Å². The minimum Gasteiger partial charge on any atom is -0.393 e. The van der Waals surface area contributed by atoms with Gasteiger partial charge in [-0.05, 0) is 77.7 Å². The molecule has 1 aromatic carbocycles. The van der Waals surface area contributed by atoms with Crippen molar-refractivity contribution in [3.63, 3.8) is 0 Å². The van der Waals surface area contributed by atoms with Gasteiger partial charge >= 0.3 is 0 Å². The summed E-state index contributed by atoms with van der Waals surface area (Å²) in [6.07, 6.45) is 7.17. The minimum atomic E-state index is -0.124. The monoisotopic (exact) mass is 312 g/mol. The summed E-state index contributed by atoms with van der Waals surface area (Å²) in [5.74, 6) is 1.41. The molecule has 1 nitrogen and oxygen atoms in total. The lowest BCUT2D eigenvalue weighted by molar-refractivity contribution is -0.158. The number of rotatable bonds is 0. The van der Waals surface area contributed by atoms with Crippen molar-refractivity contribution in [3.8, 4) is 0 Å². The van der Waals surface area contributed by atoms with Crippen molar-refractivity contribution >= 4 is 0 Å². The van der Waals surface area contributed by atoms with Crippen molar-refractivity contribution in [1.29, 1.82) is 0 Å². The predicted molar refractivity (Wildman–Crippen MR) is 95.5 cm³/mol. The Morgan fingerprint density at radius 3 is 2.43 bits per heavy atom. The first-order chi connectivity index (χ1) is 10.8. The van der Waals surface area contributed by atoms with Gasteiger partial charge in [-0.1, -0.05) is 52.0 Å². The van der Waals surface area contributed by atoms with Crippen LogP contribution in [0.2, 0.25) is 0 Å². The molecule has 0 amide bonds. The summed E-state index contributed by atoms with van der Waals surface area (Å²) in [7, 11) is 0. The molecule has 0 aliphatic heterocycles. The Bertz CT molecular complexity index is 618. The third-order valence-electron chi connectivity index (χ3n) is 8.36. The molecule has 0 bridgehead atoms. The summed E-state index contributed by atoms with van der Waals surface area (Å²) in [5.41, 5.74) is 3.98. The molecule has 2 fully saturated rings. The van der Waals surface area contributed by atoms with E-state index in [2.05, 4.69) is 52.0 Å². The van der Waals surface area contributed by atoms with Gasteiger partial charge in [0.25, 0.3) is 0 Å². The number of aliphatic hydroxyl groups excluding tert-OH is 1. The van der Waals surface area contributed by atoms with E-state index in [0.717, 1.165) is 12.3 Å². The lowest BCUT2D eigenvalue weighted by Crippen LogP contribution is -2.60. The molecule has 1 aromatic rings. The highest BCUT2D eigenvalue weighted by Crippen LogP contribution is 2.66. The van der Waals surface area contributed by atoms with Crippen molar-refractivity contribution < 1.29 is 5.11 Å². The Morgan fingerprint density at radius 1 is 0.913 bits per heavy atom. The molecule has 0 radical (unpaired) electrons. The lowest BCUT2D eigenvalue weighted by atomic mass is 9.40. The molecule has 126 valence electrons. The van der Waals surface area contributed by atoms with Crippen molar-refractivity contribution in [1.82, 2.24) is 0 Å². The SMILES string of the molecule is CC1(C)[C@@H](O)CC[C@]2(C)[C@H]3CCc4ccccc4[C@]3(C)CC[C@@H]12. The fourth-order valence-corrected chi connectivity index (χ4v) is 7.11. The minimum absolute atomic E-state index is 0.0608. The molecule has 3 aliphatic rings. The van der Waals surface area contributed by atoms with Crippen molar-refractivity contribution in [2.24, 2.45) is 22.7 Å². The standard InChI is InChI=1S/C22H32O/c1-20(2)17-11-13-21(3)16-8-6-5-7-15(16)9-10-18(21)22(17,4)14-12-19(20)23/h5-8,17-19,23H,9-14H2,1-4H3/t17-,18-,19-,21-,22-/m0/s1. The molecule has 4 rings (SSSR count). The second-order valence-corrected chi connectivity index (χ2v) is 9.64. The van der Waals surface area contributed by atoms with E-state index in [1.54, 1.807) is 11.1 Å². The molecule has 23 heavy (non-hydrogen) atoms. The van der Waals surface area contributed by atoms with Gasteiger partial charge in [-0.3, -0.25) is 0 Å². The number of fused-ring (bicyclic) bond motifs is 5. The van der Waals surface area contributed by atoms with Gasteiger partial charge in [0.15, 0.2) is 0 Å². The van der Waals surface area contributed by atoms with Crippen LogP contribution in [0.25, 0.3) is 0 Å². The molecule has 5 atom stereocenters. The van der Waals surface area contributed by atoms with Gasteiger partial charge in [-0.2, -0.15) is 0 Å². The molecular weight excluding hydrogens is 280 g/mol. The normalized spacial score (nSPS) is 44.8. The maximum atomic E-state index is 10.6. The topological polar surface area (TPSA) is 20.2 Å². The van der Waals surface area contributed by atoms with E-state index in [0.29, 0.717) is 16.7 Å². The van der Waals surface area contributed by atoms with Crippen LogP contribution in [0.1, 0.15) is 70.9 Å². The molecule has 0 aromatic heterocycles. The Hall–Kier alpha value is -0.820. The van der Waals surface area contributed by atoms with E-state index in [-0.39, 0.29) is 11.5 Å². The van der Waals surface area contributed by atoms with E-state index in [4.69, 9.17) is 0 Å². The summed E-state index contributed by atoms with van der Waals surface area (Å²) in [5, 5.41) is 10.6. The maximum absolute atomic E-state index is 10.6. The number of hydrogen-bond donors (Lipinski definition) is 1. The molecule has 0 saturated heterocycles. The number of hydrogen-bond acceptors (Lipinski definition) is 1. The van der Waals surface area contributed by atoms with Crippen LogP contribution in [-0.4, -0.2) is 11.2 Å². The summed E-state index contributed by atoms with van der Waals surface area (Å²) in [6.45, 7) is 9.73. The van der Waals surface area contributed by atoms with Crippen LogP contribution in [0.3, 0.4) is 0 Å². The molecule has 0 heterocycles. The first-order valence-electron chi connectivity index (χ1n) is 9.56. The van der Waals surface area contributed by atoms with E-state index in [1.165, 1.54) is 32.1 Å². The van der Waals surface area contributed by atoms with Crippen LogP contribution in [0.5, 0.6) is 0 Å². The third kappa shape index (κ3) is 1.95. The van der Waals surface area contributed by atoms with E-state index < -0.39 is 0 Å². The lowest BCUT2D eigenvalue weighted by Gasteiger charge is -2.65. The van der Waals surface area contributed by atoms with E-state index >= 15 is 0 Å². The molecule has 0 unspecified atom stereocenters. The summed E-state index contributed by atoms with van der Waals surface area (Å²) in [6, 6.07) is 9.18. The first kappa shape index (κ1) is 15.7. The Balaban J connectivity index is 1.80. The number of aryl methyl sites for hydroxylation is 1. The average molecular weight is 312 g/mol. The molecule has 0 spiro atoms. The largest absolute Gasteiger partial charge is 0.393 e. The quantitative estimate of drug-likeness (QED) is 0.706. The van der Waals surface area contributed by atoms with Gasteiger partial charge in [0, 0.05) is 0 Å². The predicted octanol–water partition coefficient (Wildman–Crippen LogP) is 5.10. The Labute approximate surface area is 141 Å². The summed E-state index contributed by atoms with van der Waals surface area (Å²) < 4.78 is 0. The van der Waals surface area contributed by atoms with Gasteiger partial charge in [-0.25, -0.2) is 0 Å². The Kier molecular flexibility index (Phi) is 3.31. The number of benzene rings is 1. The van der Waals surface area contributed by atoms with Crippen LogP contribution in [-0.2, 0) is 11.8 Å². The van der Waals surface area contributed by atoms with Gasteiger partial charge in [0.1, 0.15) is 0 Å². The fraction of sp³-hybridized carbons (Fsp3) is 0.727. The number of aliphatic hydroxyl groups is 1. The van der Waals surface area contributed by atoms with Crippen molar-refractivity contribution in [3.05, 3.63) is 35.4 Å². The molecule has 3 aliphatic carbocycles. The second-order valence-electron chi connectivity index (χ2n) is 9.64. The first-order valence-corrected chi connectivity index (χ1v) is 9.56. The fourth-order valence-electron chi connectivity index (χ4n) is 7.11. The van der Waals surface area contributed by atoms with Gasteiger partial charge in [0.05, 0.1) is 6.10 Å². The van der Waals surface area contributed by atoms with Crippen molar-refractivity contribution in [2.45, 2.75) is 77.7 Å². The zero-order valence-electron chi connectivity index (χ0n) is 15.2. The smallest absolute Gasteiger partial charge is 0.0594 e. The molecule has 1 N–H and O–H groups in total. The van der Waals surface area contributed by atoms with Crippen LogP contribution in [0.15, 0.2) is 24.3 Å². The summed E-state index contributed by atoms with van der Waals surface area (Å²) >= 11 is 0. The Morgan fingerprint density at radius 2 is 1.65 bits per heavy atom. The third-order valence-corrected chi connectivity index (χ3v) is 8.36. The average Bonchev–Trinajstić information content (AvgIpc) is 2.51. The summed E-state index contributed by atoms with van der Waals surface area (Å²) in [4.78, 5) is 0. The van der Waals surface area contributed by atoms with Gasteiger partial charge in [-0.15, -0.1) is 0 Å². The van der Waals surface area contributed by atoms with Crippen LogP contribution >= 0.6 is 0 Å². The van der Waals surface area contributed by atoms with Gasteiger partial charge in [0.2, 0.25) is 0 Å². The molecule has 1 heteroatoms. The second kappa shape index (κ2) is 4.85. The van der Waals surface area contributed by atoms with Gasteiger partial charge < -0.3 is 5.11 Å². The van der Waals surface area contributed by atoms with Crippen molar-refractivity contribution in [2.75, 3.05) is 0 Å². The molecular formula is C22H32O. The van der Waals surface area contributed by atoms with Crippen LogP contribution in [0, 0.1) is 22.7 Å². The van der Waals surface area contributed by atoms with Crippen LogP contribution < -0.4 is 0 Å². The highest BCUT2D eigenvalue weighted by molar-refractivity contribution is 5.39. The van der Waals surface area contributed by atoms with Crippen LogP contribution in [0.4, 0.5) is 0 Å². The van der Waals surface area contributed by atoms with E-state index in [1.807, 2.05) is 0 Å². The highest BCUT2D eigenvalue weighted by Gasteiger charge is 2.61. The maximum Gasteiger partial charge on any atom is 0.0594 e. The zero-order chi connectivity index (χ0) is 16.5. The molecule has 2 saturated carbocycles. The zero-order valence-corrected chi connectivity index (χ0v) is 15.2. The highest BCUT2D eigenvalue weighted by atomic mass is 16.3.